The molecule has 3 rings (SSSR count). The third-order valence-corrected chi connectivity index (χ3v) is 5.06. The first-order chi connectivity index (χ1) is 11.4. The molecule has 0 bridgehead atoms. The van der Waals surface area contributed by atoms with Crippen LogP contribution in [0.4, 0.5) is 0 Å². The van der Waals surface area contributed by atoms with Gasteiger partial charge in [0.2, 0.25) is 11.8 Å². The molecule has 1 aliphatic carbocycles. The minimum absolute atomic E-state index is 0.0259. The second-order valence-corrected chi connectivity index (χ2v) is 6.95. The fourth-order valence-electron chi connectivity index (χ4n) is 3.61. The molecule has 130 valence electrons. The Kier molecular flexibility index (Phi) is 4.69. The van der Waals surface area contributed by atoms with E-state index in [-0.39, 0.29) is 35.4 Å². The highest BCUT2D eigenvalue weighted by Crippen LogP contribution is 2.27. The Bertz CT molecular complexity index is 691. The molecule has 1 atom stereocenters. The lowest BCUT2D eigenvalue weighted by molar-refractivity contribution is -0.128. The molecule has 0 spiro atoms. The summed E-state index contributed by atoms with van der Waals surface area (Å²) in [6.07, 6.45) is 3.61. The normalized spacial score (nSPS) is 27.3. The van der Waals surface area contributed by atoms with Crippen LogP contribution in [0.25, 0.3) is 0 Å². The van der Waals surface area contributed by atoms with Gasteiger partial charge in [-0.2, -0.15) is 5.10 Å². The Labute approximate surface area is 141 Å². The van der Waals surface area contributed by atoms with Crippen LogP contribution in [0.1, 0.15) is 43.8 Å². The molecular formula is C17H24N4O3. The van der Waals surface area contributed by atoms with Crippen LogP contribution in [0, 0.1) is 12.8 Å². The van der Waals surface area contributed by atoms with Crippen LogP contribution in [0.5, 0.6) is 0 Å². The highest BCUT2D eigenvalue weighted by molar-refractivity contribution is 5.89. The predicted molar refractivity (Wildman–Crippen MR) is 88.4 cm³/mol. The molecule has 1 unspecified atom stereocenters. The number of aromatic nitrogens is 2. The summed E-state index contributed by atoms with van der Waals surface area (Å²) in [5, 5.41) is 7.41. The van der Waals surface area contributed by atoms with Gasteiger partial charge in [0, 0.05) is 32.1 Å². The van der Waals surface area contributed by atoms with Gasteiger partial charge in [0.05, 0.1) is 17.7 Å². The van der Waals surface area contributed by atoms with Crippen molar-refractivity contribution in [3.63, 3.8) is 0 Å². The summed E-state index contributed by atoms with van der Waals surface area (Å²) in [6, 6.07) is 3.51. The molecule has 0 aromatic carbocycles. The fourth-order valence-corrected chi connectivity index (χ4v) is 3.61. The van der Waals surface area contributed by atoms with Crippen LogP contribution in [-0.2, 0) is 9.59 Å². The molecule has 24 heavy (non-hydrogen) atoms. The Morgan fingerprint density at radius 1 is 1.21 bits per heavy atom. The molecule has 1 aliphatic heterocycles. The van der Waals surface area contributed by atoms with Gasteiger partial charge in [0.15, 0.2) is 0 Å². The van der Waals surface area contributed by atoms with Crippen LogP contribution in [-0.4, -0.2) is 46.1 Å². The van der Waals surface area contributed by atoms with Gasteiger partial charge in [-0.1, -0.05) is 0 Å². The summed E-state index contributed by atoms with van der Waals surface area (Å²) in [7, 11) is 1.73. The van der Waals surface area contributed by atoms with Gasteiger partial charge in [-0.05, 0) is 38.7 Å². The first-order valence-electron chi connectivity index (χ1n) is 8.55. The van der Waals surface area contributed by atoms with Crippen molar-refractivity contribution in [2.24, 2.45) is 5.92 Å². The predicted octanol–water partition coefficient (Wildman–Crippen LogP) is 0.630. The maximum Gasteiger partial charge on any atom is 0.267 e. The van der Waals surface area contributed by atoms with E-state index in [0.29, 0.717) is 13.0 Å². The Hall–Kier alpha value is -2.18. The van der Waals surface area contributed by atoms with Crippen molar-refractivity contribution in [2.75, 3.05) is 13.6 Å². The zero-order valence-corrected chi connectivity index (χ0v) is 14.2. The standard InChI is InChI=1S/C17H24N4O3/c1-11-3-8-15(22)21(19-11)14-6-4-13(5-7-14)18-17(24)12-9-16(23)20(2)10-12/h3,8,12-14H,4-7,9-10H2,1-2H3,(H,18,24). The van der Waals surface area contributed by atoms with E-state index in [0.717, 1.165) is 31.4 Å². The summed E-state index contributed by atoms with van der Waals surface area (Å²) in [4.78, 5) is 37.4. The van der Waals surface area contributed by atoms with Crippen molar-refractivity contribution in [1.29, 1.82) is 0 Å². The topological polar surface area (TPSA) is 84.3 Å². The first-order valence-corrected chi connectivity index (χ1v) is 8.55. The second-order valence-electron chi connectivity index (χ2n) is 6.95. The largest absolute Gasteiger partial charge is 0.353 e. The Morgan fingerprint density at radius 3 is 2.54 bits per heavy atom. The molecule has 2 amide bonds. The minimum Gasteiger partial charge on any atom is -0.353 e. The van der Waals surface area contributed by atoms with E-state index in [1.807, 2.05) is 6.92 Å². The van der Waals surface area contributed by atoms with Crippen molar-refractivity contribution in [2.45, 2.75) is 51.1 Å². The van der Waals surface area contributed by atoms with E-state index >= 15 is 0 Å². The average Bonchev–Trinajstić information content (AvgIpc) is 2.90. The molecule has 1 aromatic rings. The van der Waals surface area contributed by atoms with Crippen LogP contribution < -0.4 is 10.9 Å². The summed E-state index contributed by atoms with van der Waals surface area (Å²) in [5.41, 5.74) is 0.764. The summed E-state index contributed by atoms with van der Waals surface area (Å²) in [6.45, 7) is 2.38. The van der Waals surface area contributed by atoms with E-state index in [4.69, 9.17) is 0 Å². The molecule has 2 aliphatic rings. The van der Waals surface area contributed by atoms with Gasteiger partial charge in [-0.15, -0.1) is 0 Å². The first kappa shape index (κ1) is 16.7. The molecule has 1 N–H and O–H groups in total. The molecule has 2 fully saturated rings. The summed E-state index contributed by atoms with van der Waals surface area (Å²) >= 11 is 0. The van der Waals surface area contributed by atoms with Gasteiger partial charge < -0.3 is 10.2 Å². The van der Waals surface area contributed by atoms with Gasteiger partial charge in [-0.25, -0.2) is 4.68 Å². The van der Waals surface area contributed by atoms with Gasteiger partial charge in [0.1, 0.15) is 0 Å². The highest BCUT2D eigenvalue weighted by atomic mass is 16.2. The number of nitrogens with zero attached hydrogens (tertiary/aromatic N) is 3. The van der Waals surface area contributed by atoms with E-state index in [2.05, 4.69) is 10.4 Å². The SMILES string of the molecule is Cc1ccc(=O)n(C2CCC(NC(=O)C3CC(=O)N(C)C3)CC2)n1. The van der Waals surface area contributed by atoms with Crippen molar-refractivity contribution in [3.8, 4) is 0 Å². The number of hydrogen-bond donors (Lipinski definition) is 1. The van der Waals surface area contributed by atoms with E-state index < -0.39 is 0 Å². The van der Waals surface area contributed by atoms with Crippen molar-refractivity contribution >= 4 is 11.8 Å². The van der Waals surface area contributed by atoms with E-state index in [1.54, 1.807) is 28.8 Å². The number of amides is 2. The molecular weight excluding hydrogens is 308 g/mol. The van der Waals surface area contributed by atoms with E-state index in [9.17, 15) is 14.4 Å². The highest BCUT2D eigenvalue weighted by Gasteiger charge is 2.33. The fraction of sp³-hybridized carbons (Fsp3) is 0.647. The Morgan fingerprint density at radius 2 is 1.92 bits per heavy atom. The average molecular weight is 332 g/mol. The van der Waals surface area contributed by atoms with Crippen LogP contribution in [0.3, 0.4) is 0 Å². The van der Waals surface area contributed by atoms with Crippen molar-refractivity contribution in [3.05, 3.63) is 28.2 Å². The third kappa shape index (κ3) is 3.49. The molecule has 0 radical (unpaired) electrons. The lowest BCUT2D eigenvalue weighted by Crippen LogP contribution is -2.42. The van der Waals surface area contributed by atoms with Gasteiger partial charge >= 0.3 is 0 Å². The van der Waals surface area contributed by atoms with Crippen LogP contribution in [0.2, 0.25) is 0 Å². The number of carbonyl (C=O) groups excluding carboxylic acids is 2. The number of hydrogen-bond acceptors (Lipinski definition) is 4. The van der Waals surface area contributed by atoms with Crippen LogP contribution in [0.15, 0.2) is 16.9 Å². The van der Waals surface area contributed by atoms with Crippen molar-refractivity contribution in [1.82, 2.24) is 20.0 Å². The third-order valence-electron chi connectivity index (χ3n) is 5.06. The van der Waals surface area contributed by atoms with E-state index in [1.165, 1.54) is 0 Å². The van der Waals surface area contributed by atoms with Gasteiger partial charge in [-0.3, -0.25) is 14.4 Å². The van der Waals surface area contributed by atoms with Gasteiger partial charge in [0.25, 0.3) is 5.56 Å². The maximum absolute atomic E-state index is 12.3. The number of rotatable bonds is 3. The van der Waals surface area contributed by atoms with Crippen molar-refractivity contribution < 1.29 is 9.59 Å². The maximum atomic E-state index is 12.3. The number of carbonyl (C=O) groups is 2. The number of likely N-dealkylation sites (tertiary alicyclic amines) is 1. The summed E-state index contributed by atoms with van der Waals surface area (Å²) < 4.78 is 1.58. The molecule has 1 saturated heterocycles. The molecule has 7 nitrogen and oxygen atoms in total. The van der Waals surface area contributed by atoms with Crippen LogP contribution >= 0.6 is 0 Å². The molecule has 1 aromatic heterocycles. The minimum atomic E-state index is -0.235. The lowest BCUT2D eigenvalue weighted by Gasteiger charge is -2.30. The quantitative estimate of drug-likeness (QED) is 0.880. The second kappa shape index (κ2) is 6.75. The Balaban J connectivity index is 1.54. The number of aryl methyl sites for hydroxylation is 1. The zero-order chi connectivity index (χ0) is 17.3. The molecule has 1 saturated carbocycles. The molecule has 7 heteroatoms. The monoisotopic (exact) mass is 332 g/mol. The zero-order valence-electron chi connectivity index (χ0n) is 14.2. The number of nitrogens with one attached hydrogen (secondary N) is 1. The summed E-state index contributed by atoms with van der Waals surface area (Å²) in [5.74, 6) is -0.230. The smallest absolute Gasteiger partial charge is 0.267 e. The lowest BCUT2D eigenvalue weighted by atomic mass is 9.90. The molecule has 2 heterocycles.